The minimum Gasteiger partial charge on any atom is -0.308 e. The van der Waals surface area contributed by atoms with Crippen molar-refractivity contribution in [3.63, 3.8) is 0 Å². The molecule has 2 heteroatoms. The lowest BCUT2D eigenvalue weighted by Crippen LogP contribution is -1.98. The van der Waals surface area contributed by atoms with Crippen LogP contribution < -0.4 is 0 Å². The summed E-state index contributed by atoms with van der Waals surface area (Å²) in [6.45, 7) is 0. The lowest BCUT2D eigenvalue weighted by atomic mass is 10.0. The molecule has 28 heavy (non-hydrogen) atoms. The van der Waals surface area contributed by atoms with Gasteiger partial charge in [0.15, 0.2) is 0 Å². The smallest absolute Gasteiger partial charge is 0.0713 e. The van der Waals surface area contributed by atoms with E-state index in [2.05, 4.69) is 119 Å². The summed E-state index contributed by atoms with van der Waals surface area (Å²) in [4.78, 5) is 1.27. The molecule has 1 nitrogen and oxygen atoms in total. The molecular weight excluding hydrogens is 358 g/mol. The minimum atomic E-state index is 1.17. The zero-order chi connectivity index (χ0) is 18.8. The maximum atomic E-state index is 2.39. The topological polar surface area (TPSA) is 4.93 Å². The van der Waals surface area contributed by atoms with Gasteiger partial charge in [-0.2, -0.15) is 0 Å². The van der Waals surface area contributed by atoms with E-state index < -0.39 is 0 Å². The molecule has 3 aromatic carbocycles. The van der Waals surface area contributed by atoms with Crippen LogP contribution in [-0.4, -0.2) is 4.57 Å². The molecule has 0 spiro atoms. The third-order valence-electron chi connectivity index (χ3n) is 4.92. The van der Waals surface area contributed by atoms with Crippen LogP contribution >= 0.6 is 11.3 Å². The fraction of sp³-hybridized carbons (Fsp3) is 0. The van der Waals surface area contributed by atoms with E-state index in [0.717, 1.165) is 0 Å². The SMILES string of the molecule is c1ccc(-c2cc(-c3ccccc3)n(-c3ccccc3)c2-c2cccs2)cc1. The average Bonchev–Trinajstić information content (AvgIpc) is 3.43. The molecule has 2 aromatic heterocycles. The number of benzene rings is 3. The Labute approximate surface area is 169 Å². The van der Waals surface area contributed by atoms with Crippen molar-refractivity contribution in [3.8, 4) is 38.6 Å². The van der Waals surface area contributed by atoms with E-state index in [1.165, 1.54) is 38.6 Å². The molecule has 5 aromatic rings. The van der Waals surface area contributed by atoms with Crippen LogP contribution in [0.5, 0.6) is 0 Å². The summed E-state index contributed by atoms with van der Waals surface area (Å²) in [6.07, 6.45) is 0. The molecule has 0 atom stereocenters. The maximum Gasteiger partial charge on any atom is 0.0713 e. The highest BCUT2D eigenvalue weighted by Crippen LogP contribution is 2.42. The van der Waals surface area contributed by atoms with Crippen LogP contribution in [0.3, 0.4) is 0 Å². The number of hydrogen-bond donors (Lipinski definition) is 0. The monoisotopic (exact) mass is 377 g/mol. The predicted molar refractivity (Wildman–Crippen MR) is 120 cm³/mol. The van der Waals surface area contributed by atoms with Crippen molar-refractivity contribution in [3.05, 3.63) is 115 Å². The average molecular weight is 378 g/mol. The van der Waals surface area contributed by atoms with Gasteiger partial charge in [-0.05, 0) is 40.8 Å². The standard InChI is InChI=1S/C26H19NS/c1-4-11-20(12-5-1)23-19-24(21-13-6-2-7-14-21)27(22-15-8-3-9-16-22)26(23)25-17-10-18-28-25/h1-19H. The molecule has 0 fully saturated rings. The highest BCUT2D eigenvalue weighted by atomic mass is 32.1. The molecule has 2 heterocycles. The normalized spacial score (nSPS) is 10.9. The molecule has 0 aliphatic heterocycles. The van der Waals surface area contributed by atoms with Gasteiger partial charge in [-0.3, -0.25) is 0 Å². The third kappa shape index (κ3) is 2.98. The van der Waals surface area contributed by atoms with Gasteiger partial charge in [0.05, 0.1) is 16.3 Å². The van der Waals surface area contributed by atoms with Crippen molar-refractivity contribution >= 4 is 11.3 Å². The first-order chi connectivity index (χ1) is 13.9. The van der Waals surface area contributed by atoms with Gasteiger partial charge in [0.25, 0.3) is 0 Å². The van der Waals surface area contributed by atoms with Gasteiger partial charge < -0.3 is 4.57 Å². The van der Waals surface area contributed by atoms with E-state index in [9.17, 15) is 0 Å². The Morgan fingerprint density at radius 1 is 0.571 bits per heavy atom. The summed E-state index contributed by atoms with van der Waals surface area (Å²) < 4.78 is 2.39. The fourth-order valence-corrected chi connectivity index (χ4v) is 4.44. The molecule has 0 N–H and O–H groups in total. The highest BCUT2D eigenvalue weighted by molar-refractivity contribution is 7.13. The first-order valence-corrected chi connectivity index (χ1v) is 10.3. The number of thiophene rings is 1. The molecule has 134 valence electrons. The lowest BCUT2D eigenvalue weighted by molar-refractivity contribution is 1.10. The van der Waals surface area contributed by atoms with E-state index >= 15 is 0 Å². The molecule has 0 saturated heterocycles. The van der Waals surface area contributed by atoms with Crippen LogP contribution in [0.15, 0.2) is 115 Å². The second-order valence-electron chi connectivity index (χ2n) is 6.67. The summed E-state index contributed by atoms with van der Waals surface area (Å²) in [5.41, 5.74) is 7.32. The number of aromatic nitrogens is 1. The summed E-state index contributed by atoms with van der Waals surface area (Å²) in [7, 11) is 0. The van der Waals surface area contributed by atoms with E-state index in [1.54, 1.807) is 11.3 Å². The van der Waals surface area contributed by atoms with E-state index in [-0.39, 0.29) is 0 Å². The largest absolute Gasteiger partial charge is 0.308 e. The van der Waals surface area contributed by atoms with Crippen LogP contribution in [0.25, 0.3) is 38.6 Å². The second kappa shape index (κ2) is 7.34. The van der Waals surface area contributed by atoms with Gasteiger partial charge in [0.2, 0.25) is 0 Å². The number of nitrogens with zero attached hydrogens (tertiary/aromatic N) is 1. The second-order valence-corrected chi connectivity index (χ2v) is 7.62. The molecule has 0 aliphatic carbocycles. The van der Waals surface area contributed by atoms with Gasteiger partial charge in [-0.15, -0.1) is 11.3 Å². The molecule has 0 bridgehead atoms. The van der Waals surface area contributed by atoms with Crippen LogP contribution in [0.4, 0.5) is 0 Å². The summed E-state index contributed by atoms with van der Waals surface area (Å²) in [6, 6.07) is 38.6. The number of para-hydroxylation sites is 1. The van der Waals surface area contributed by atoms with Gasteiger partial charge >= 0.3 is 0 Å². The quantitative estimate of drug-likeness (QED) is 0.305. The Morgan fingerprint density at radius 3 is 1.79 bits per heavy atom. The third-order valence-corrected chi connectivity index (χ3v) is 5.80. The molecule has 0 amide bonds. The minimum absolute atomic E-state index is 1.17. The van der Waals surface area contributed by atoms with E-state index in [1.807, 2.05) is 0 Å². The van der Waals surface area contributed by atoms with Crippen molar-refractivity contribution in [2.75, 3.05) is 0 Å². The molecule has 5 rings (SSSR count). The Bertz CT molecular complexity index is 1170. The fourth-order valence-electron chi connectivity index (χ4n) is 3.67. The first kappa shape index (κ1) is 16.8. The van der Waals surface area contributed by atoms with Crippen LogP contribution in [0, 0.1) is 0 Å². The van der Waals surface area contributed by atoms with Crippen molar-refractivity contribution < 1.29 is 0 Å². The van der Waals surface area contributed by atoms with E-state index in [0.29, 0.717) is 0 Å². The van der Waals surface area contributed by atoms with Crippen molar-refractivity contribution in [1.82, 2.24) is 4.57 Å². The summed E-state index contributed by atoms with van der Waals surface area (Å²) >= 11 is 1.78. The number of hydrogen-bond acceptors (Lipinski definition) is 1. The van der Waals surface area contributed by atoms with Crippen LogP contribution in [-0.2, 0) is 0 Å². The highest BCUT2D eigenvalue weighted by Gasteiger charge is 2.20. The molecular formula is C26H19NS. The Hall–Kier alpha value is -3.36. The van der Waals surface area contributed by atoms with Gasteiger partial charge in [0, 0.05) is 11.3 Å². The van der Waals surface area contributed by atoms with Crippen molar-refractivity contribution in [2.24, 2.45) is 0 Å². The zero-order valence-electron chi connectivity index (χ0n) is 15.3. The molecule has 0 radical (unpaired) electrons. The molecule has 0 saturated carbocycles. The summed E-state index contributed by atoms with van der Waals surface area (Å²) in [5.74, 6) is 0. The van der Waals surface area contributed by atoms with Gasteiger partial charge in [0.1, 0.15) is 0 Å². The Balaban J connectivity index is 1.88. The Morgan fingerprint density at radius 2 is 1.18 bits per heavy atom. The number of rotatable bonds is 4. The lowest BCUT2D eigenvalue weighted by Gasteiger charge is -2.14. The van der Waals surface area contributed by atoms with Crippen molar-refractivity contribution in [1.29, 1.82) is 0 Å². The van der Waals surface area contributed by atoms with Gasteiger partial charge in [-0.25, -0.2) is 0 Å². The summed E-state index contributed by atoms with van der Waals surface area (Å²) in [5, 5.41) is 2.15. The molecule has 0 aliphatic rings. The maximum absolute atomic E-state index is 2.39. The van der Waals surface area contributed by atoms with Crippen molar-refractivity contribution in [2.45, 2.75) is 0 Å². The first-order valence-electron chi connectivity index (χ1n) is 9.38. The zero-order valence-corrected chi connectivity index (χ0v) is 16.1. The van der Waals surface area contributed by atoms with Gasteiger partial charge in [-0.1, -0.05) is 84.9 Å². The van der Waals surface area contributed by atoms with Crippen LogP contribution in [0.2, 0.25) is 0 Å². The predicted octanol–water partition coefficient (Wildman–Crippen LogP) is 7.54. The van der Waals surface area contributed by atoms with E-state index in [4.69, 9.17) is 0 Å². The Kier molecular flexibility index (Phi) is 4.40. The van der Waals surface area contributed by atoms with Crippen LogP contribution in [0.1, 0.15) is 0 Å². The molecule has 0 unspecified atom stereocenters.